The molecule has 1 aromatic heterocycles. The van der Waals surface area contributed by atoms with Gasteiger partial charge < -0.3 is 4.74 Å². The predicted octanol–water partition coefficient (Wildman–Crippen LogP) is 2.50. The van der Waals surface area contributed by atoms with Crippen LogP contribution < -0.4 is 4.74 Å². The highest BCUT2D eigenvalue weighted by Gasteiger charge is 1.94. The molecule has 0 N–H and O–H groups in total. The lowest BCUT2D eigenvalue weighted by molar-refractivity contribution is 0.416. The average molecular weight is 215 g/mol. The summed E-state index contributed by atoms with van der Waals surface area (Å²) in [6.07, 6.45) is 6.56. The summed E-state index contributed by atoms with van der Waals surface area (Å²) in [5, 5.41) is 0. The van der Waals surface area contributed by atoms with Gasteiger partial charge in [-0.25, -0.2) is 0 Å². The second-order valence-corrected chi connectivity index (χ2v) is 2.72. The Labute approximate surface area is 94.7 Å². The Bertz CT molecular complexity index is 391. The number of aliphatic imine (C=N–C) groups is 1. The van der Waals surface area contributed by atoms with Crippen molar-refractivity contribution in [3.63, 3.8) is 0 Å². The Morgan fingerprint density at radius 1 is 1.06 bits per heavy atom. The number of hydrogen-bond acceptors (Lipinski definition) is 4. The Kier molecular flexibility index (Phi) is 5.27. The van der Waals surface area contributed by atoms with Crippen molar-refractivity contribution in [2.24, 2.45) is 4.99 Å². The summed E-state index contributed by atoms with van der Waals surface area (Å²) in [6.45, 7) is 3.41. The molecule has 0 spiro atoms. The molecule has 0 atom stereocenters. The first-order valence-corrected chi connectivity index (χ1v) is 4.68. The zero-order chi connectivity index (χ0) is 11.6. The van der Waals surface area contributed by atoms with Crippen LogP contribution in [0.15, 0.2) is 54.0 Å². The van der Waals surface area contributed by atoms with Crippen LogP contribution in [-0.4, -0.2) is 23.8 Å². The van der Waals surface area contributed by atoms with Crippen LogP contribution in [-0.2, 0) is 0 Å². The van der Waals surface area contributed by atoms with Crippen molar-refractivity contribution in [1.29, 1.82) is 0 Å². The van der Waals surface area contributed by atoms with Gasteiger partial charge in [-0.05, 0) is 18.9 Å². The van der Waals surface area contributed by atoms with E-state index >= 15 is 0 Å². The van der Waals surface area contributed by atoms with E-state index in [9.17, 15) is 0 Å². The van der Waals surface area contributed by atoms with Crippen molar-refractivity contribution in [1.82, 2.24) is 9.97 Å². The SMILES string of the molecule is C=Nc1ccccc1OC.c1cnccn1. The number of rotatable bonds is 2. The summed E-state index contributed by atoms with van der Waals surface area (Å²) >= 11 is 0. The van der Waals surface area contributed by atoms with Crippen LogP contribution in [0.2, 0.25) is 0 Å². The van der Waals surface area contributed by atoms with E-state index in [-0.39, 0.29) is 0 Å². The van der Waals surface area contributed by atoms with Crippen molar-refractivity contribution < 1.29 is 4.74 Å². The minimum atomic E-state index is 0.762. The quantitative estimate of drug-likeness (QED) is 0.723. The number of hydrogen-bond donors (Lipinski definition) is 0. The molecule has 1 heterocycles. The lowest BCUT2D eigenvalue weighted by Gasteiger charge is -2.00. The van der Waals surface area contributed by atoms with Gasteiger partial charge in [0.25, 0.3) is 0 Å². The standard InChI is InChI=1S/C8H9NO.C4H4N2/c1-9-7-5-3-4-6-8(7)10-2;1-2-6-4-3-5-1/h3-6H,1H2,2H3;1-4H. The van der Waals surface area contributed by atoms with Crippen LogP contribution in [0.25, 0.3) is 0 Å². The molecule has 0 amide bonds. The van der Waals surface area contributed by atoms with Crippen LogP contribution in [0.3, 0.4) is 0 Å². The highest BCUT2D eigenvalue weighted by Crippen LogP contribution is 2.24. The fourth-order valence-corrected chi connectivity index (χ4v) is 1.01. The predicted molar refractivity (Wildman–Crippen MR) is 64.2 cm³/mol. The van der Waals surface area contributed by atoms with Crippen LogP contribution in [0.4, 0.5) is 5.69 Å². The molecule has 1 aromatic carbocycles. The third kappa shape index (κ3) is 3.88. The van der Waals surface area contributed by atoms with Crippen LogP contribution in [0, 0.1) is 0 Å². The zero-order valence-corrected chi connectivity index (χ0v) is 9.08. The first-order valence-electron chi connectivity index (χ1n) is 4.68. The van der Waals surface area contributed by atoms with Gasteiger partial charge in [-0.1, -0.05) is 12.1 Å². The van der Waals surface area contributed by atoms with E-state index in [1.165, 1.54) is 0 Å². The number of nitrogens with zero attached hydrogens (tertiary/aromatic N) is 3. The first kappa shape index (κ1) is 11.8. The van der Waals surface area contributed by atoms with Crippen molar-refractivity contribution in [2.45, 2.75) is 0 Å². The Hall–Kier alpha value is -2.23. The fourth-order valence-electron chi connectivity index (χ4n) is 1.01. The lowest BCUT2D eigenvalue weighted by atomic mass is 10.3. The van der Waals surface area contributed by atoms with Gasteiger partial charge in [0.1, 0.15) is 11.4 Å². The van der Waals surface area contributed by atoms with Crippen molar-refractivity contribution in [3.8, 4) is 5.75 Å². The molecule has 0 saturated carbocycles. The zero-order valence-electron chi connectivity index (χ0n) is 9.08. The third-order valence-electron chi connectivity index (χ3n) is 1.73. The van der Waals surface area contributed by atoms with Crippen LogP contribution >= 0.6 is 0 Å². The number of para-hydroxylation sites is 2. The molecular formula is C12H13N3O. The maximum atomic E-state index is 5.00. The lowest BCUT2D eigenvalue weighted by Crippen LogP contribution is -1.81. The molecule has 0 aliphatic rings. The Morgan fingerprint density at radius 2 is 1.62 bits per heavy atom. The van der Waals surface area contributed by atoms with Gasteiger partial charge in [-0.15, -0.1) is 0 Å². The normalized spacial score (nSPS) is 8.56. The topological polar surface area (TPSA) is 47.4 Å². The van der Waals surface area contributed by atoms with Gasteiger partial charge in [0.15, 0.2) is 0 Å². The highest BCUT2D eigenvalue weighted by atomic mass is 16.5. The summed E-state index contributed by atoms with van der Waals surface area (Å²) in [5.41, 5.74) is 0.782. The molecule has 82 valence electrons. The number of aromatic nitrogens is 2. The largest absolute Gasteiger partial charge is 0.494 e. The summed E-state index contributed by atoms with van der Waals surface area (Å²) in [5.74, 6) is 0.762. The molecule has 2 aromatic rings. The molecule has 0 bridgehead atoms. The number of benzene rings is 1. The van der Waals surface area contributed by atoms with Gasteiger partial charge in [-0.2, -0.15) is 0 Å². The Balaban J connectivity index is 0.000000181. The van der Waals surface area contributed by atoms with E-state index in [0.29, 0.717) is 0 Å². The van der Waals surface area contributed by atoms with Gasteiger partial charge in [0.2, 0.25) is 0 Å². The van der Waals surface area contributed by atoms with E-state index in [2.05, 4.69) is 21.7 Å². The van der Waals surface area contributed by atoms with E-state index < -0.39 is 0 Å². The number of ether oxygens (including phenoxy) is 1. The van der Waals surface area contributed by atoms with E-state index in [4.69, 9.17) is 4.74 Å². The van der Waals surface area contributed by atoms with E-state index in [1.807, 2.05) is 24.3 Å². The molecule has 4 heteroatoms. The van der Waals surface area contributed by atoms with E-state index in [0.717, 1.165) is 11.4 Å². The van der Waals surface area contributed by atoms with Crippen molar-refractivity contribution in [3.05, 3.63) is 49.1 Å². The summed E-state index contributed by atoms with van der Waals surface area (Å²) in [4.78, 5) is 11.2. The minimum Gasteiger partial charge on any atom is -0.494 e. The molecular weight excluding hydrogens is 202 g/mol. The monoisotopic (exact) mass is 215 g/mol. The molecule has 0 aliphatic carbocycles. The maximum Gasteiger partial charge on any atom is 0.144 e. The minimum absolute atomic E-state index is 0.762. The molecule has 0 unspecified atom stereocenters. The molecule has 0 radical (unpaired) electrons. The van der Waals surface area contributed by atoms with Crippen LogP contribution in [0.1, 0.15) is 0 Å². The first-order chi connectivity index (χ1) is 7.88. The summed E-state index contributed by atoms with van der Waals surface area (Å²) in [7, 11) is 1.62. The second kappa shape index (κ2) is 7.11. The third-order valence-corrected chi connectivity index (χ3v) is 1.73. The Morgan fingerprint density at radius 3 is 2.00 bits per heavy atom. The molecule has 0 fully saturated rings. The highest BCUT2D eigenvalue weighted by molar-refractivity contribution is 5.55. The van der Waals surface area contributed by atoms with Crippen LogP contribution in [0.5, 0.6) is 5.75 Å². The maximum absolute atomic E-state index is 5.00. The van der Waals surface area contributed by atoms with Gasteiger partial charge in [-0.3, -0.25) is 15.0 Å². The van der Waals surface area contributed by atoms with Gasteiger partial charge in [0.05, 0.1) is 7.11 Å². The molecule has 2 rings (SSSR count). The number of methoxy groups -OCH3 is 1. The van der Waals surface area contributed by atoms with Gasteiger partial charge in [0, 0.05) is 24.8 Å². The van der Waals surface area contributed by atoms with Gasteiger partial charge >= 0.3 is 0 Å². The second-order valence-electron chi connectivity index (χ2n) is 2.72. The summed E-state index contributed by atoms with van der Waals surface area (Å²) < 4.78 is 5.00. The smallest absolute Gasteiger partial charge is 0.144 e. The molecule has 0 saturated heterocycles. The van der Waals surface area contributed by atoms with Crippen molar-refractivity contribution >= 4 is 12.4 Å². The van der Waals surface area contributed by atoms with Crippen molar-refractivity contribution in [2.75, 3.05) is 7.11 Å². The molecule has 0 aliphatic heterocycles. The molecule has 4 nitrogen and oxygen atoms in total. The summed E-state index contributed by atoms with van der Waals surface area (Å²) in [6, 6.07) is 7.50. The fraction of sp³-hybridized carbons (Fsp3) is 0.0833. The molecule has 16 heavy (non-hydrogen) atoms. The van der Waals surface area contributed by atoms with E-state index in [1.54, 1.807) is 31.9 Å². The average Bonchev–Trinajstić information content (AvgIpc) is 2.41.